The number of sulfonamides is 1. The van der Waals surface area contributed by atoms with Crippen molar-refractivity contribution in [1.29, 1.82) is 0 Å². The topological polar surface area (TPSA) is 75.3 Å². The van der Waals surface area contributed by atoms with Gasteiger partial charge in [-0.05, 0) is 36.7 Å². The Labute approximate surface area is 137 Å². The second-order valence-electron chi connectivity index (χ2n) is 6.61. The summed E-state index contributed by atoms with van der Waals surface area (Å²) in [6.45, 7) is 0.714. The molecule has 0 spiro atoms. The van der Waals surface area contributed by atoms with Crippen molar-refractivity contribution >= 4 is 15.9 Å². The van der Waals surface area contributed by atoms with Crippen LogP contribution in [0.4, 0.5) is 0 Å². The highest BCUT2D eigenvalue weighted by Gasteiger charge is 2.43. The van der Waals surface area contributed by atoms with E-state index in [-0.39, 0.29) is 30.0 Å². The first-order valence-corrected chi connectivity index (χ1v) is 10.0. The molecule has 0 bridgehead atoms. The van der Waals surface area contributed by atoms with Crippen molar-refractivity contribution in [3.05, 3.63) is 35.9 Å². The molecular formula is C17H24N2O3S. The number of benzene rings is 1. The molecule has 0 heterocycles. The van der Waals surface area contributed by atoms with Crippen molar-refractivity contribution in [2.24, 2.45) is 11.8 Å². The molecule has 2 fully saturated rings. The van der Waals surface area contributed by atoms with Gasteiger partial charge in [0.2, 0.25) is 15.9 Å². The highest BCUT2D eigenvalue weighted by Crippen LogP contribution is 2.47. The van der Waals surface area contributed by atoms with Crippen molar-refractivity contribution in [3.8, 4) is 0 Å². The predicted octanol–water partition coefficient (Wildman–Crippen LogP) is 1.63. The van der Waals surface area contributed by atoms with E-state index in [0.29, 0.717) is 12.5 Å². The van der Waals surface area contributed by atoms with Gasteiger partial charge in [0.1, 0.15) is 0 Å². The third-order valence-electron chi connectivity index (χ3n) is 4.84. The van der Waals surface area contributed by atoms with Gasteiger partial charge in [0.15, 0.2) is 0 Å². The number of nitrogens with one attached hydrogen (secondary N) is 2. The van der Waals surface area contributed by atoms with Crippen LogP contribution < -0.4 is 10.0 Å². The molecule has 0 aromatic heterocycles. The van der Waals surface area contributed by atoms with Crippen molar-refractivity contribution in [3.63, 3.8) is 0 Å². The maximum Gasteiger partial charge on any atom is 0.223 e. The minimum atomic E-state index is -3.28. The third kappa shape index (κ3) is 4.54. The van der Waals surface area contributed by atoms with E-state index in [9.17, 15) is 13.2 Å². The van der Waals surface area contributed by atoms with Gasteiger partial charge in [0, 0.05) is 19.0 Å². The van der Waals surface area contributed by atoms with E-state index in [1.165, 1.54) is 12.0 Å². The molecule has 126 valence electrons. The molecule has 2 saturated carbocycles. The molecule has 2 N–H and O–H groups in total. The standard InChI is InChI=1S/C17H24N2O3S/c20-17(16-11-15(16)14-7-2-1-3-8-14)18-9-10-23(21,22)19-12-13-5-4-6-13/h1-3,7-8,13,15-16,19H,4-6,9-12H2,(H,18,20). The molecule has 6 heteroatoms. The molecule has 5 nitrogen and oxygen atoms in total. The Bertz CT molecular complexity index is 641. The van der Waals surface area contributed by atoms with Crippen LogP contribution in [-0.2, 0) is 14.8 Å². The highest BCUT2D eigenvalue weighted by molar-refractivity contribution is 7.89. The molecule has 0 saturated heterocycles. The quantitative estimate of drug-likeness (QED) is 0.757. The molecule has 1 amide bonds. The first-order valence-electron chi connectivity index (χ1n) is 8.35. The fraction of sp³-hybridized carbons (Fsp3) is 0.588. The molecule has 2 unspecified atom stereocenters. The molecule has 2 aliphatic rings. The Morgan fingerprint density at radius 3 is 2.57 bits per heavy atom. The molecule has 3 rings (SSSR count). The van der Waals surface area contributed by atoms with E-state index in [2.05, 4.69) is 10.0 Å². The highest BCUT2D eigenvalue weighted by atomic mass is 32.2. The van der Waals surface area contributed by atoms with Crippen LogP contribution in [0.2, 0.25) is 0 Å². The van der Waals surface area contributed by atoms with Crippen molar-refractivity contribution in [2.45, 2.75) is 31.6 Å². The molecule has 0 radical (unpaired) electrons. The zero-order valence-electron chi connectivity index (χ0n) is 13.2. The molecule has 1 aromatic carbocycles. The smallest absolute Gasteiger partial charge is 0.223 e. The Morgan fingerprint density at radius 1 is 1.17 bits per heavy atom. The van der Waals surface area contributed by atoms with Gasteiger partial charge in [-0.1, -0.05) is 36.8 Å². The van der Waals surface area contributed by atoms with Crippen LogP contribution in [0.1, 0.15) is 37.2 Å². The molecule has 2 atom stereocenters. The second kappa shape index (κ2) is 7.01. The summed E-state index contributed by atoms with van der Waals surface area (Å²) in [5.41, 5.74) is 1.18. The van der Waals surface area contributed by atoms with Gasteiger partial charge in [-0.15, -0.1) is 0 Å². The second-order valence-corrected chi connectivity index (χ2v) is 8.54. The normalized spacial score (nSPS) is 24.0. The van der Waals surface area contributed by atoms with Gasteiger partial charge < -0.3 is 5.32 Å². The number of carbonyl (C=O) groups excluding carboxylic acids is 1. The molecule has 0 aliphatic heterocycles. The van der Waals surface area contributed by atoms with Gasteiger partial charge in [-0.25, -0.2) is 13.1 Å². The van der Waals surface area contributed by atoms with E-state index in [1.54, 1.807) is 0 Å². The van der Waals surface area contributed by atoms with E-state index in [0.717, 1.165) is 19.3 Å². The fourth-order valence-corrected chi connectivity index (χ4v) is 4.01. The third-order valence-corrected chi connectivity index (χ3v) is 6.19. The Morgan fingerprint density at radius 2 is 1.91 bits per heavy atom. The van der Waals surface area contributed by atoms with Crippen LogP contribution in [0.15, 0.2) is 30.3 Å². The number of amides is 1. The summed E-state index contributed by atoms with van der Waals surface area (Å²) >= 11 is 0. The SMILES string of the molecule is O=C(NCCS(=O)(=O)NCC1CCC1)C1CC1c1ccccc1. The van der Waals surface area contributed by atoms with Crippen LogP contribution >= 0.6 is 0 Å². The van der Waals surface area contributed by atoms with Crippen molar-refractivity contribution in [1.82, 2.24) is 10.0 Å². The monoisotopic (exact) mass is 336 g/mol. The van der Waals surface area contributed by atoms with E-state index in [1.807, 2.05) is 30.3 Å². The average molecular weight is 336 g/mol. The lowest BCUT2D eigenvalue weighted by atomic mass is 9.86. The Kier molecular flexibility index (Phi) is 5.02. The number of carbonyl (C=O) groups is 1. The lowest BCUT2D eigenvalue weighted by molar-refractivity contribution is -0.122. The zero-order valence-corrected chi connectivity index (χ0v) is 14.0. The summed E-state index contributed by atoms with van der Waals surface area (Å²) < 4.78 is 26.4. The van der Waals surface area contributed by atoms with Crippen LogP contribution in [0.5, 0.6) is 0 Å². The van der Waals surface area contributed by atoms with Crippen LogP contribution in [0.3, 0.4) is 0 Å². The Hall–Kier alpha value is -1.40. The minimum absolute atomic E-state index is 0.0111. The van der Waals surface area contributed by atoms with Crippen LogP contribution in [0.25, 0.3) is 0 Å². The van der Waals surface area contributed by atoms with E-state index < -0.39 is 10.0 Å². The maximum atomic E-state index is 12.1. The van der Waals surface area contributed by atoms with Gasteiger partial charge >= 0.3 is 0 Å². The van der Waals surface area contributed by atoms with Crippen LogP contribution in [0, 0.1) is 11.8 Å². The average Bonchev–Trinajstić information content (AvgIpc) is 3.26. The summed E-state index contributed by atoms with van der Waals surface area (Å²) in [4.78, 5) is 12.1. The number of rotatable bonds is 8. The Balaban J connectivity index is 1.36. The predicted molar refractivity (Wildman–Crippen MR) is 89.4 cm³/mol. The fourth-order valence-electron chi connectivity index (χ4n) is 3.01. The molecule has 2 aliphatic carbocycles. The summed E-state index contributed by atoms with van der Waals surface area (Å²) in [6.07, 6.45) is 4.28. The zero-order chi connectivity index (χ0) is 16.3. The summed E-state index contributed by atoms with van der Waals surface area (Å²) in [6, 6.07) is 9.98. The lowest BCUT2D eigenvalue weighted by Gasteiger charge is -2.25. The van der Waals surface area contributed by atoms with E-state index >= 15 is 0 Å². The molecule has 23 heavy (non-hydrogen) atoms. The molecular weight excluding hydrogens is 312 g/mol. The van der Waals surface area contributed by atoms with Gasteiger partial charge in [0.25, 0.3) is 0 Å². The number of hydrogen-bond donors (Lipinski definition) is 2. The first-order chi connectivity index (χ1) is 11.1. The maximum absolute atomic E-state index is 12.1. The summed E-state index contributed by atoms with van der Waals surface area (Å²) in [7, 11) is -3.28. The van der Waals surface area contributed by atoms with Gasteiger partial charge in [0.05, 0.1) is 5.75 Å². The molecule has 1 aromatic rings. The first kappa shape index (κ1) is 16.5. The number of hydrogen-bond acceptors (Lipinski definition) is 3. The van der Waals surface area contributed by atoms with Crippen molar-refractivity contribution < 1.29 is 13.2 Å². The summed E-state index contributed by atoms with van der Waals surface area (Å²) in [5, 5.41) is 2.76. The largest absolute Gasteiger partial charge is 0.355 e. The lowest BCUT2D eigenvalue weighted by Crippen LogP contribution is -2.38. The van der Waals surface area contributed by atoms with Gasteiger partial charge in [-0.2, -0.15) is 0 Å². The van der Waals surface area contributed by atoms with Crippen molar-refractivity contribution in [2.75, 3.05) is 18.8 Å². The van der Waals surface area contributed by atoms with Gasteiger partial charge in [-0.3, -0.25) is 4.79 Å². The van der Waals surface area contributed by atoms with E-state index in [4.69, 9.17) is 0 Å². The summed E-state index contributed by atoms with van der Waals surface area (Å²) in [5.74, 6) is 0.687. The van der Waals surface area contributed by atoms with Crippen LogP contribution in [-0.4, -0.2) is 33.2 Å². The minimum Gasteiger partial charge on any atom is -0.355 e.